The highest BCUT2D eigenvalue weighted by atomic mass is 16.5. The first-order valence-electron chi connectivity index (χ1n) is 5.54. The molecule has 0 aliphatic heterocycles. The van der Waals surface area contributed by atoms with Crippen molar-refractivity contribution in [3.8, 4) is 17.0 Å². The van der Waals surface area contributed by atoms with Crippen molar-refractivity contribution in [1.82, 2.24) is 10.2 Å². The summed E-state index contributed by atoms with van der Waals surface area (Å²) in [5.74, 6) is -0.696. The average Bonchev–Trinajstić information content (AvgIpc) is 2.87. The monoisotopic (exact) mass is 246 g/mol. The van der Waals surface area contributed by atoms with Crippen LogP contribution in [0.5, 0.6) is 5.75 Å². The average molecular weight is 246 g/mol. The molecule has 0 saturated carbocycles. The van der Waals surface area contributed by atoms with Crippen molar-refractivity contribution in [3.05, 3.63) is 36.0 Å². The largest absolute Gasteiger partial charge is 0.497 e. The van der Waals surface area contributed by atoms with Crippen LogP contribution >= 0.6 is 0 Å². The van der Waals surface area contributed by atoms with Gasteiger partial charge < -0.3 is 9.84 Å². The molecule has 2 N–H and O–H groups in total. The number of nitrogens with zero attached hydrogens (tertiary/aromatic N) is 1. The fraction of sp³-hybridized carbons (Fsp3) is 0.231. The number of methoxy groups -OCH3 is 1. The second-order valence-electron chi connectivity index (χ2n) is 4.00. The van der Waals surface area contributed by atoms with Crippen molar-refractivity contribution in [3.63, 3.8) is 0 Å². The molecule has 0 saturated heterocycles. The molecule has 0 aliphatic rings. The third-order valence-corrected chi connectivity index (χ3v) is 2.82. The Morgan fingerprint density at radius 3 is 2.61 bits per heavy atom. The number of carboxylic acids is 1. The maximum Gasteiger partial charge on any atom is 0.312 e. The van der Waals surface area contributed by atoms with Crippen molar-refractivity contribution >= 4 is 5.97 Å². The van der Waals surface area contributed by atoms with Crippen LogP contribution in [0.1, 0.15) is 18.5 Å². The highest BCUT2D eigenvalue weighted by molar-refractivity contribution is 5.75. The van der Waals surface area contributed by atoms with Gasteiger partial charge in [0, 0.05) is 11.3 Å². The zero-order valence-electron chi connectivity index (χ0n) is 10.2. The Labute approximate surface area is 104 Å². The van der Waals surface area contributed by atoms with Gasteiger partial charge in [-0.05, 0) is 37.3 Å². The summed E-state index contributed by atoms with van der Waals surface area (Å²) in [7, 11) is 1.61. The Morgan fingerprint density at radius 1 is 1.39 bits per heavy atom. The molecule has 0 spiro atoms. The van der Waals surface area contributed by atoms with Crippen molar-refractivity contribution in [2.45, 2.75) is 12.8 Å². The minimum Gasteiger partial charge on any atom is -0.497 e. The topological polar surface area (TPSA) is 75.2 Å². The highest BCUT2D eigenvalue weighted by Crippen LogP contribution is 2.23. The fourth-order valence-corrected chi connectivity index (χ4v) is 1.60. The lowest BCUT2D eigenvalue weighted by Gasteiger charge is -2.01. The van der Waals surface area contributed by atoms with Crippen LogP contribution in [0.15, 0.2) is 30.3 Å². The van der Waals surface area contributed by atoms with Gasteiger partial charge in [0.25, 0.3) is 0 Å². The predicted molar refractivity (Wildman–Crippen MR) is 66.6 cm³/mol. The molecular weight excluding hydrogens is 232 g/mol. The molecule has 1 atom stereocenters. The number of benzene rings is 1. The van der Waals surface area contributed by atoms with Crippen LogP contribution in [-0.4, -0.2) is 28.4 Å². The summed E-state index contributed by atoms with van der Waals surface area (Å²) in [6.07, 6.45) is 0. The van der Waals surface area contributed by atoms with Crippen LogP contribution in [0, 0.1) is 0 Å². The zero-order valence-corrected chi connectivity index (χ0v) is 10.2. The third kappa shape index (κ3) is 2.34. The maximum absolute atomic E-state index is 10.9. The summed E-state index contributed by atoms with van der Waals surface area (Å²) in [5.41, 5.74) is 2.23. The van der Waals surface area contributed by atoms with E-state index >= 15 is 0 Å². The number of carbonyl (C=O) groups is 1. The molecule has 1 aromatic carbocycles. The molecule has 5 heteroatoms. The van der Waals surface area contributed by atoms with E-state index in [2.05, 4.69) is 10.2 Å². The van der Waals surface area contributed by atoms with E-state index in [9.17, 15) is 4.79 Å². The number of carboxylic acid groups (broad SMARTS) is 1. The molecule has 94 valence electrons. The quantitative estimate of drug-likeness (QED) is 0.867. The summed E-state index contributed by atoms with van der Waals surface area (Å²) < 4.78 is 5.07. The lowest BCUT2D eigenvalue weighted by Crippen LogP contribution is -2.07. The number of nitrogens with one attached hydrogen (secondary N) is 1. The van der Waals surface area contributed by atoms with Crippen LogP contribution in [0.4, 0.5) is 0 Å². The number of hydrogen-bond donors (Lipinski definition) is 2. The molecular formula is C13H14N2O3. The minimum absolute atomic E-state index is 0.591. The van der Waals surface area contributed by atoms with E-state index in [1.54, 1.807) is 20.1 Å². The van der Waals surface area contributed by atoms with Gasteiger partial charge in [0.15, 0.2) is 0 Å². The Bertz CT molecular complexity index is 546. The Hall–Kier alpha value is -2.30. The van der Waals surface area contributed by atoms with Crippen LogP contribution in [0.2, 0.25) is 0 Å². The molecule has 0 aliphatic carbocycles. The molecule has 1 aromatic heterocycles. The number of H-pyrrole nitrogens is 1. The van der Waals surface area contributed by atoms with Gasteiger partial charge in [-0.15, -0.1) is 0 Å². The summed E-state index contributed by atoms with van der Waals surface area (Å²) in [6, 6.07) is 9.18. The predicted octanol–water partition coefficient (Wildman–Crippen LogP) is 2.27. The van der Waals surface area contributed by atoms with Crippen LogP contribution in [0.25, 0.3) is 11.3 Å². The third-order valence-electron chi connectivity index (χ3n) is 2.82. The van der Waals surface area contributed by atoms with Crippen LogP contribution < -0.4 is 4.74 Å². The van der Waals surface area contributed by atoms with Gasteiger partial charge in [0.05, 0.1) is 18.7 Å². The minimum atomic E-state index is -0.875. The smallest absolute Gasteiger partial charge is 0.312 e. The molecule has 1 heterocycles. The van der Waals surface area contributed by atoms with Gasteiger partial charge in [-0.2, -0.15) is 5.10 Å². The van der Waals surface area contributed by atoms with Crippen molar-refractivity contribution in [1.29, 1.82) is 0 Å². The first kappa shape index (κ1) is 12.2. The Morgan fingerprint density at radius 2 is 2.06 bits per heavy atom. The normalized spacial score (nSPS) is 12.1. The molecule has 0 amide bonds. The van der Waals surface area contributed by atoms with Gasteiger partial charge in [0.1, 0.15) is 5.75 Å². The van der Waals surface area contributed by atoms with Crippen molar-refractivity contribution in [2.75, 3.05) is 7.11 Å². The number of hydrogen-bond acceptors (Lipinski definition) is 3. The van der Waals surface area contributed by atoms with Gasteiger partial charge >= 0.3 is 5.97 Å². The van der Waals surface area contributed by atoms with E-state index in [0.717, 1.165) is 17.0 Å². The molecule has 0 fully saturated rings. The van der Waals surface area contributed by atoms with Gasteiger partial charge in [-0.1, -0.05) is 0 Å². The van der Waals surface area contributed by atoms with Gasteiger partial charge in [-0.25, -0.2) is 0 Å². The number of aromatic amines is 1. The van der Waals surface area contributed by atoms with E-state index in [1.165, 1.54) is 0 Å². The van der Waals surface area contributed by atoms with E-state index < -0.39 is 11.9 Å². The molecule has 0 radical (unpaired) electrons. The molecule has 2 aromatic rings. The molecule has 5 nitrogen and oxygen atoms in total. The second-order valence-corrected chi connectivity index (χ2v) is 4.00. The number of aliphatic carboxylic acids is 1. The number of rotatable bonds is 4. The van der Waals surface area contributed by atoms with Crippen molar-refractivity contribution < 1.29 is 14.6 Å². The molecule has 18 heavy (non-hydrogen) atoms. The number of aromatic nitrogens is 2. The maximum atomic E-state index is 10.9. The summed E-state index contributed by atoms with van der Waals surface area (Å²) in [5, 5.41) is 15.8. The SMILES string of the molecule is COc1ccc(-c2cc(C(C)C(=O)O)[nH]n2)cc1. The Kier molecular flexibility index (Phi) is 3.32. The second kappa shape index (κ2) is 4.91. The van der Waals surface area contributed by atoms with Crippen molar-refractivity contribution in [2.24, 2.45) is 0 Å². The van der Waals surface area contributed by atoms with Crippen LogP contribution in [0.3, 0.4) is 0 Å². The number of ether oxygens (including phenoxy) is 1. The van der Waals surface area contributed by atoms with E-state index in [4.69, 9.17) is 9.84 Å². The Balaban J connectivity index is 2.26. The first-order valence-corrected chi connectivity index (χ1v) is 5.54. The van der Waals surface area contributed by atoms with E-state index in [0.29, 0.717) is 5.69 Å². The van der Waals surface area contributed by atoms with Gasteiger partial charge in [0.2, 0.25) is 0 Å². The first-order chi connectivity index (χ1) is 8.61. The molecule has 2 rings (SSSR count). The van der Waals surface area contributed by atoms with Crippen LogP contribution in [-0.2, 0) is 4.79 Å². The molecule has 1 unspecified atom stereocenters. The van der Waals surface area contributed by atoms with E-state index in [1.807, 2.05) is 24.3 Å². The highest BCUT2D eigenvalue weighted by Gasteiger charge is 2.16. The van der Waals surface area contributed by atoms with Gasteiger partial charge in [-0.3, -0.25) is 9.89 Å². The molecule has 0 bridgehead atoms. The summed E-state index contributed by atoms with van der Waals surface area (Å²) in [4.78, 5) is 10.9. The summed E-state index contributed by atoms with van der Waals surface area (Å²) in [6.45, 7) is 1.62. The van der Waals surface area contributed by atoms with E-state index in [-0.39, 0.29) is 0 Å². The lowest BCUT2D eigenvalue weighted by atomic mass is 10.1. The standard InChI is InChI=1S/C13H14N2O3/c1-8(13(16)17)11-7-12(15-14-11)9-3-5-10(18-2)6-4-9/h3-8H,1-2H3,(H,14,15)(H,16,17). The fourth-order valence-electron chi connectivity index (χ4n) is 1.60. The lowest BCUT2D eigenvalue weighted by molar-refractivity contribution is -0.138. The summed E-state index contributed by atoms with van der Waals surface area (Å²) >= 11 is 0. The zero-order chi connectivity index (χ0) is 13.1.